The zero-order valence-electron chi connectivity index (χ0n) is 14.3. The number of nitrogens with one attached hydrogen (secondary N) is 1. The van der Waals surface area contributed by atoms with Crippen LogP contribution in [-0.2, 0) is 14.5 Å². The molecule has 0 aliphatic rings. The molecule has 0 aromatic heterocycles. The first-order chi connectivity index (χ1) is 11.0. The minimum atomic E-state index is -1.29. The van der Waals surface area contributed by atoms with E-state index in [0.717, 1.165) is 12.8 Å². The molecule has 0 saturated heterocycles. The Morgan fingerprint density at radius 1 is 1.04 bits per heavy atom. The molecule has 0 heterocycles. The number of hydrogen-bond acceptors (Lipinski definition) is 4. The Labute approximate surface area is 138 Å². The Morgan fingerprint density at radius 2 is 1.70 bits per heavy atom. The Kier molecular flexibility index (Phi) is 8.16. The number of benzene rings is 1. The molecule has 0 atom stereocenters. The van der Waals surface area contributed by atoms with E-state index in [-0.39, 0.29) is 5.91 Å². The maximum Gasteiger partial charge on any atom is 0.370 e. The third-order valence-electron chi connectivity index (χ3n) is 3.60. The van der Waals surface area contributed by atoms with E-state index in [1.165, 1.54) is 33.1 Å². The molecular weight excluding hydrogens is 294 g/mol. The highest BCUT2D eigenvalue weighted by atomic mass is 17.2. The second-order valence-corrected chi connectivity index (χ2v) is 6.06. The maximum absolute atomic E-state index is 12.1. The fraction of sp³-hybridized carbons (Fsp3) is 0.556. The van der Waals surface area contributed by atoms with E-state index in [4.69, 9.17) is 9.78 Å². The van der Waals surface area contributed by atoms with Crippen molar-refractivity contribution in [3.05, 3.63) is 30.3 Å². The second kappa shape index (κ2) is 9.87. The summed E-state index contributed by atoms with van der Waals surface area (Å²) in [5.41, 5.74) is -1.29. The van der Waals surface area contributed by atoms with Crippen LogP contribution in [0.2, 0.25) is 0 Å². The van der Waals surface area contributed by atoms with E-state index in [1.807, 2.05) is 6.07 Å². The van der Waals surface area contributed by atoms with Crippen molar-refractivity contribution in [3.63, 3.8) is 0 Å². The van der Waals surface area contributed by atoms with Crippen LogP contribution < -0.4 is 10.2 Å². The number of amides is 1. The Morgan fingerprint density at radius 3 is 2.35 bits per heavy atom. The van der Waals surface area contributed by atoms with E-state index in [2.05, 4.69) is 12.2 Å². The van der Waals surface area contributed by atoms with Gasteiger partial charge >= 0.3 is 5.97 Å². The van der Waals surface area contributed by atoms with Crippen molar-refractivity contribution in [1.82, 2.24) is 5.32 Å². The molecule has 0 unspecified atom stereocenters. The summed E-state index contributed by atoms with van der Waals surface area (Å²) in [4.78, 5) is 33.9. The molecule has 5 nitrogen and oxygen atoms in total. The summed E-state index contributed by atoms with van der Waals surface area (Å²) in [5.74, 6) is -0.660. The first-order valence-electron chi connectivity index (χ1n) is 8.20. The molecule has 1 N–H and O–H groups in total. The van der Waals surface area contributed by atoms with Gasteiger partial charge in [0.15, 0.2) is 5.75 Å². The van der Waals surface area contributed by atoms with Gasteiger partial charge in [0.2, 0.25) is 5.91 Å². The van der Waals surface area contributed by atoms with Gasteiger partial charge in [0.25, 0.3) is 0 Å². The van der Waals surface area contributed by atoms with Crippen molar-refractivity contribution in [1.29, 1.82) is 0 Å². The van der Waals surface area contributed by atoms with Crippen LogP contribution in [0.25, 0.3) is 0 Å². The smallest absolute Gasteiger partial charge is 0.355 e. The molecule has 0 radical (unpaired) electrons. The topological polar surface area (TPSA) is 64.6 Å². The molecule has 5 heteroatoms. The molecule has 0 fully saturated rings. The molecule has 0 bridgehead atoms. The number of hydrogen-bond donors (Lipinski definition) is 1. The zero-order chi connectivity index (χ0) is 17.1. The van der Waals surface area contributed by atoms with Crippen molar-refractivity contribution >= 4 is 11.9 Å². The number of rotatable bonds is 10. The van der Waals surface area contributed by atoms with Crippen LogP contribution in [0.4, 0.5) is 0 Å². The van der Waals surface area contributed by atoms with E-state index in [1.54, 1.807) is 24.3 Å². The molecule has 128 valence electrons. The van der Waals surface area contributed by atoms with Gasteiger partial charge in [-0.05, 0) is 32.4 Å². The molecule has 0 spiro atoms. The number of carbonyl (C=O) groups is 2. The Bertz CT molecular complexity index is 485. The normalized spacial score (nSPS) is 10.9. The lowest BCUT2D eigenvalue weighted by Gasteiger charge is -2.20. The van der Waals surface area contributed by atoms with Gasteiger partial charge in [-0.15, -0.1) is 0 Å². The van der Waals surface area contributed by atoms with Crippen molar-refractivity contribution in [2.75, 3.05) is 6.54 Å². The van der Waals surface area contributed by atoms with Gasteiger partial charge in [0.05, 0.1) is 0 Å². The first-order valence-corrected chi connectivity index (χ1v) is 8.20. The van der Waals surface area contributed by atoms with E-state index in [0.29, 0.717) is 12.3 Å². The number of unbranched alkanes of at least 4 members (excludes halogenated alkanes) is 4. The third-order valence-corrected chi connectivity index (χ3v) is 3.60. The molecule has 23 heavy (non-hydrogen) atoms. The van der Waals surface area contributed by atoms with Crippen LogP contribution in [0.3, 0.4) is 0 Å². The predicted octanol–water partition coefficient (Wildman–Crippen LogP) is 3.64. The highest BCUT2D eigenvalue weighted by Gasteiger charge is 2.39. The summed E-state index contributed by atoms with van der Waals surface area (Å²) in [7, 11) is 0. The standard InChI is InChI=1S/C18H27NO4/c1-4-5-6-7-11-14-19-16(20)18(2,3)17(21)23-22-15-12-9-8-10-13-15/h8-10,12-13H,4-7,11,14H2,1-3H3,(H,19,20). The largest absolute Gasteiger partial charge is 0.370 e. The lowest BCUT2D eigenvalue weighted by atomic mass is 9.92. The second-order valence-electron chi connectivity index (χ2n) is 6.06. The predicted molar refractivity (Wildman–Crippen MR) is 88.7 cm³/mol. The van der Waals surface area contributed by atoms with Crippen LogP contribution in [0.15, 0.2) is 30.3 Å². The van der Waals surface area contributed by atoms with Crippen LogP contribution in [0.1, 0.15) is 52.9 Å². The zero-order valence-corrected chi connectivity index (χ0v) is 14.3. The highest BCUT2D eigenvalue weighted by Crippen LogP contribution is 2.19. The van der Waals surface area contributed by atoms with Gasteiger partial charge < -0.3 is 5.32 Å². The van der Waals surface area contributed by atoms with Gasteiger partial charge in [0.1, 0.15) is 5.41 Å². The van der Waals surface area contributed by atoms with Gasteiger partial charge in [-0.3, -0.25) is 9.68 Å². The average Bonchev–Trinajstić information content (AvgIpc) is 2.56. The van der Waals surface area contributed by atoms with E-state index >= 15 is 0 Å². The maximum atomic E-state index is 12.1. The van der Waals surface area contributed by atoms with Gasteiger partial charge in [-0.1, -0.05) is 50.8 Å². The summed E-state index contributed by atoms with van der Waals surface area (Å²) >= 11 is 0. The highest BCUT2D eigenvalue weighted by molar-refractivity contribution is 6.01. The molecule has 0 saturated carbocycles. The minimum absolute atomic E-state index is 0.352. The Hall–Kier alpha value is -2.04. The molecule has 0 aliphatic heterocycles. The van der Waals surface area contributed by atoms with Crippen LogP contribution in [0.5, 0.6) is 5.75 Å². The number of carbonyl (C=O) groups excluding carboxylic acids is 2. The monoisotopic (exact) mass is 321 g/mol. The molecule has 0 aliphatic carbocycles. The fourth-order valence-corrected chi connectivity index (χ4v) is 1.91. The summed E-state index contributed by atoms with van der Waals surface area (Å²) < 4.78 is 0. The van der Waals surface area contributed by atoms with Gasteiger partial charge in [-0.25, -0.2) is 9.68 Å². The SMILES string of the molecule is CCCCCCCNC(=O)C(C)(C)C(=O)OOc1ccccc1. The van der Waals surface area contributed by atoms with Crippen LogP contribution >= 0.6 is 0 Å². The lowest BCUT2D eigenvalue weighted by Crippen LogP contribution is -2.44. The minimum Gasteiger partial charge on any atom is -0.355 e. The van der Waals surface area contributed by atoms with Crippen molar-refractivity contribution < 1.29 is 19.4 Å². The average molecular weight is 321 g/mol. The summed E-state index contributed by atoms with van der Waals surface area (Å²) in [6, 6.07) is 8.68. The first kappa shape index (κ1) is 19.0. The number of para-hydroxylation sites is 1. The Balaban J connectivity index is 2.34. The van der Waals surface area contributed by atoms with Crippen LogP contribution in [0, 0.1) is 5.41 Å². The van der Waals surface area contributed by atoms with Crippen molar-refractivity contribution in [2.24, 2.45) is 5.41 Å². The molecule has 1 rings (SSSR count). The summed E-state index contributed by atoms with van der Waals surface area (Å²) in [6.45, 7) is 5.78. The van der Waals surface area contributed by atoms with Gasteiger partial charge in [0, 0.05) is 6.54 Å². The fourth-order valence-electron chi connectivity index (χ4n) is 1.91. The van der Waals surface area contributed by atoms with Crippen LogP contribution in [-0.4, -0.2) is 18.4 Å². The summed E-state index contributed by atoms with van der Waals surface area (Å²) in [5, 5.41) is 2.78. The van der Waals surface area contributed by atoms with Crippen molar-refractivity contribution in [2.45, 2.75) is 52.9 Å². The molecule has 1 aromatic carbocycles. The summed E-state index contributed by atoms with van der Waals surface area (Å²) in [6.07, 6.45) is 5.56. The van der Waals surface area contributed by atoms with E-state index in [9.17, 15) is 9.59 Å². The van der Waals surface area contributed by atoms with Gasteiger partial charge in [-0.2, -0.15) is 0 Å². The third kappa shape index (κ3) is 6.72. The molecule has 1 aromatic rings. The lowest BCUT2D eigenvalue weighted by molar-refractivity contribution is -0.223. The van der Waals surface area contributed by atoms with E-state index < -0.39 is 11.4 Å². The quantitative estimate of drug-likeness (QED) is 0.309. The molecular formula is C18H27NO4. The molecule has 1 amide bonds. The van der Waals surface area contributed by atoms with Crippen molar-refractivity contribution in [3.8, 4) is 5.75 Å².